The highest BCUT2D eigenvalue weighted by molar-refractivity contribution is 8.14. The number of fused-ring (bicyclic) bond motifs is 1. The second kappa shape index (κ2) is 3.32. The number of halogens is 1. The fraction of sp³-hybridized carbons (Fsp3) is 0. The Balaban J connectivity index is 2.92. The lowest BCUT2D eigenvalue weighted by Gasteiger charge is -1.98. The molecule has 0 aliphatic heterocycles. The summed E-state index contributed by atoms with van der Waals surface area (Å²) in [5.74, 6) is 0. The highest BCUT2D eigenvalue weighted by atomic mass is 35.7. The number of H-pyrrole nitrogens is 1. The smallest absolute Gasteiger partial charge is 0.263 e. The molecule has 0 aliphatic rings. The van der Waals surface area contributed by atoms with Gasteiger partial charge in [0.05, 0.1) is 11.8 Å². The van der Waals surface area contributed by atoms with Crippen LogP contribution in [0.25, 0.3) is 11.0 Å². The Morgan fingerprint density at radius 2 is 2.13 bits per heavy atom. The predicted molar refractivity (Wildman–Crippen MR) is 54.5 cm³/mol. The van der Waals surface area contributed by atoms with Crippen LogP contribution in [0.1, 0.15) is 10.4 Å². The van der Waals surface area contributed by atoms with Crippen molar-refractivity contribution < 1.29 is 13.2 Å². The van der Waals surface area contributed by atoms with Gasteiger partial charge in [-0.05, 0) is 12.1 Å². The predicted octanol–water partition coefficient (Wildman–Crippen LogP) is 1.30. The minimum absolute atomic E-state index is 0.162. The SMILES string of the molecule is O=Cc1cc(S(=O)(=O)Cl)c2nc[nH]c2c1. The number of nitrogens with one attached hydrogen (secondary N) is 1. The molecule has 5 nitrogen and oxygen atoms in total. The van der Waals surface area contributed by atoms with Gasteiger partial charge < -0.3 is 4.98 Å². The summed E-state index contributed by atoms with van der Waals surface area (Å²) in [4.78, 5) is 17.0. The van der Waals surface area contributed by atoms with Gasteiger partial charge in [-0.2, -0.15) is 0 Å². The van der Waals surface area contributed by atoms with E-state index in [1.807, 2.05) is 0 Å². The van der Waals surface area contributed by atoms with Gasteiger partial charge in [-0.15, -0.1) is 0 Å². The van der Waals surface area contributed by atoms with Crippen LogP contribution in [0.5, 0.6) is 0 Å². The molecule has 78 valence electrons. The zero-order valence-corrected chi connectivity index (χ0v) is 8.84. The van der Waals surface area contributed by atoms with E-state index in [0.717, 1.165) is 0 Å². The lowest BCUT2D eigenvalue weighted by Crippen LogP contribution is -1.94. The van der Waals surface area contributed by atoms with Crippen molar-refractivity contribution in [2.45, 2.75) is 4.90 Å². The van der Waals surface area contributed by atoms with E-state index in [2.05, 4.69) is 9.97 Å². The van der Waals surface area contributed by atoms with Crippen molar-refractivity contribution in [2.24, 2.45) is 0 Å². The van der Waals surface area contributed by atoms with Crippen LogP contribution in [0.2, 0.25) is 0 Å². The van der Waals surface area contributed by atoms with Crippen molar-refractivity contribution in [2.75, 3.05) is 0 Å². The summed E-state index contributed by atoms with van der Waals surface area (Å²) in [5.41, 5.74) is 0.917. The van der Waals surface area contributed by atoms with Crippen LogP contribution in [0, 0.1) is 0 Å². The van der Waals surface area contributed by atoms with E-state index in [1.54, 1.807) is 0 Å². The molecule has 0 radical (unpaired) electrons. The maximum absolute atomic E-state index is 11.2. The number of hydrogen-bond acceptors (Lipinski definition) is 4. The summed E-state index contributed by atoms with van der Waals surface area (Å²) in [6.45, 7) is 0. The monoisotopic (exact) mass is 244 g/mol. The first-order valence-electron chi connectivity index (χ1n) is 3.89. The third kappa shape index (κ3) is 1.73. The van der Waals surface area contributed by atoms with Crippen LogP contribution in [0.4, 0.5) is 0 Å². The summed E-state index contributed by atoms with van der Waals surface area (Å²) in [6.07, 6.45) is 1.89. The number of carbonyl (C=O) groups excluding carboxylic acids is 1. The largest absolute Gasteiger partial charge is 0.345 e. The first-order valence-corrected chi connectivity index (χ1v) is 6.20. The zero-order valence-electron chi connectivity index (χ0n) is 7.27. The van der Waals surface area contributed by atoms with E-state index in [9.17, 15) is 13.2 Å². The molecule has 0 amide bonds. The Bertz CT molecular complexity index is 632. The van der Waals surface area contributed by atoms with Crippen LogP contribution in [-0.4, -0.2) is 24.7 Å². The van der Waals surface area contributed by atoms with Crippen LogP contribution in [0.15, 0.2) is 23.4 Å². The number of nitrogens with zero attached hydrogens (tertiary/aromatic N) is 1. The molecule has 1 heterocycles. The highest BCUT2D eigenvalue weighted by Crippen LogP contribution is 2.24. The number of aldehydes is 1. The quantitative estimate of drug-likeness (QED) is 0.638. The molecule has 7 heteroatoms. The molecule has 2 rings (SSSR count). The Hall–Kier alpha value is -1.40. The number of aromatic nitrogens is 2. The Morgan fingerprint density at radius 3 is 2.73 bits per heavy atom. The molecule has 1 aromatic carbocycles. The molecular formula is C8H5ClN2O3S. The summed E-state index contributed by atoms with van der Waals surface area (Å²) < 4.78 is 22.4. The average molecular weight is 245 g/mol. The molecule has 0 saturated carbocycles. The number of rotatable bonds is 2. The molecular weight excluding hydrogens is 240 g/mol. The molecule has 15 heavy (non-hydrogen) atoms. The number of imidazole rings is 1. The van der Waals surface area contributed by atoms with Crippen molar-refractivity contribution >= 4 is 37.1 Å². The highest BCUT2D eigenvalue weighted by Gasteiger charge is 2.17. The van der Waals surface area contributed by atoms with Gasteiger partial charge in [0, 0.05) is 16.2 Å². The van der Waals surface area contributed by atoms with Crippen molar-refractivity contribution in [1.29, 1.82) is 0 Å². The van der Waals surface area contributed by atoms with Crippen molar-refractivity contribution in [3.63, 3.8) is 0 Å². The first kappa shape index (κ1) is 10.1. The zero-order chi connectivity index (χ0) is 11.1. The number of carbonyl (C=O) groups is 1. The van der Waals surface area contributed by atoms with Gasteiger partial charge in [0.1, 0.15) is 16.7 Å². The number of hydrogen-bond donors (Lipinski definition) is 1. The standard InChI is InChI=1S/C8H5ClN2O3S/c9-15(13,14)7-2-5(3-12)1-6-8(7)11-4-10-6/h1-4H,(H,10,11). The maximum Gasteiger partial charge on any atom is 0.263 e. The average Bonchev–Trinajstić information content (AvgIpc) is 2.61. The van der Waals surface area contributed by atoms with E-state index in [0.29, 0.717) is 11.8 Å². The van der Waals surface area contributed by atoms with Crippen LogP contribution in [-0.2, 0) is 9.05 Å². The fourth-order valence-corrected chi connectivity index (χ4v) is 2.32. The fourth-order valence-electron chi connectivity index (χ4n) is 1.29. The van der Waals surface area contributed by atoms with E-state index in [-0.39, 0.29) is 16.0 Å². The second-order valence-corrected chi connectivity index (χ2v) is 5.41. The normalized spacial score (nSPS) is 11.8. The third-order valence-corrected chi connectivity index (χ3v) is 3.25. The molecule has 0 unspecified atom stereocenters. The summed E-state index contributed by atoms with van der Waals surface area (Å²) in [5, 5.41) is 0. The number of benzene rings is 1. The van der Waals surface area contributed by atoms with Gasteiger partial charge in [-0.1, -0.05) is 0 Å². The number of aromatic amines is 1. The summed E-state index contributed by atoms with van der Waals surface area (Å²) in [7, 11) is 1.32. The van der Waals surface area contributed by atoms with Gasteiger partial charge in [0.25, 0.3) is 9.05 Å². The summed E-state index contributed by atoms with van der Waals surface area (Å²) >= 11 is 0. The van der Waals surface area contributed by atoms with Crippen molar-refractivity contribution in [3.8, 4) is 0 Å². The lowest BCUT2D eigenvalue weighted by molar-refractivity contribution is 0.112. The Labute approximate surface area is 89.5 Å². The molecule has 1 aromatic heterocycles. The molecule has 0 bridgehead atoms. The molecule has 0 aliphatic carbocycles. The van der Waals surface area contributed by atoms with Crippen molar-refractivity contribution in [3.05, 3.63) is 24.0 Å². The van der Waals surface area contributed by atoms with Gasteiger partial charge in [-0.3, -0.25) is 4.79 Å². The van der Waals surface area contributed by atoms with Gasteiger partial charge >= 0.3 is 0 Å². The van der Waals surface area contributed by atoms with Gasteiger partial charge in [0.15, 0.2) is 0 Å². The van der Waals surface area contributed by atoms with E-state index in [4.69, 9.17) is 10.7 Å². The molecule has 2 aromatic rings. The molecule has 0 fully saturated rings. The minimum Gasteiger partial charge on any atom is -0.345 e. The second-order valence-electron chi connectivity index (χ2n) is 2.87. The van der Waals surface area contributed by atoms with E-state index in [1.165, 1.54) is 18.5 Å². The van der Waals surface area contributed by atoms with Gasteiger partial charge in [-0.25, -0.2) is 13.4 Å². The van der Waals surface area contributed by atoms with Crippen LogP contribution >= 0.6 is 10.7 Å². The molecule has 0 saturated heterocycles. The molecule has 0 spiro atoms. The minimum atomic E-state index is -3.90. The molecule has 0 atom stereocenters. The first-order chi connectivity index (χ1) is 7.02. The van der Waals surface area contributed by atoms with Crippen LogP contribution < -0.4 is 0 Å². The summed E-state index contributed by atoms with van der Waals surface area (Å²) in [6, 6.07) is 2.69. The van der Waals surface area contributed by atoms with E-state index < -0.39 is 9.05 Å². The lowest BCUT2D eigenvalue weighted by atomic mass is 10.2. The van der Waals surface area contributed by atoms with Crippen molar-refractivity contribution in [1.82, 2.24) is 9.97 Å². The van der Waals surface area contributed by atoms with Crippen LogP contribution in [0.3, 0.4) is 0 Å². The van der Waals surface area contributed by atoms with Gasteiger partial charge in [0.2, 0.25) is 0 Å². The third-order valence-electron chi connectivity index (χ3n) is 1.91. The maximum atomic E-state index is 11.2. The topological polar surface area (TPSA) is 79.9 Å². The Kier molecular flexibility index (Phi) is 2.24. The van der Waals surface area contributed by atoms with E-state index >= 15 is 0 Å². The molecule has 1 N–H and O–H groups in total. The Morgan fingerprint density at radius 1 is 1.40 bits per heavy atom.